The molecule has 0 radical (unpaired) electrons. The van der Waals surface area contributed by atoms with Gasteiger partial charge < -0.3 is 9.32 Å². The fourth-order valence-electron chi connectivity index (χ4n) is 7.49. The predicted molar refractivity (Wildman–Crippen MR) is 189 cm³/mol. The maximum Gasteiger partial charge on any atom is 0.159 e. The molecule has 1 aromatic heterocycles. The maximum absolute atomic E-state index is 6.70. The van der Waals surface area contributed by atoms with E-state index in [4.69, 9.17) is 4.42 Å². The third-order valence-corrected chi connectivity index (χ3v) is 9.66. The molecule has 0 spiro atoms. The van der Waals surface area contributed by atoms with Crippen molar-refractivity contribution in [2.24, 2.45) is 0 Å². The van der Waals surface area contributed by atoms with E-state index in [-0.39, 0.29) is 5.41 Å². The molecule has 7 aromatic carbocycles. The van der Waals surface area contributed by atoms with Gasteiger partial charge in [-0.3, -0.25) is 0 Å². The number of furan rings is 1. The highest BCUT2D eigenvalue weighted by Gasteiger charge is 2.38. The molecule has 0 atom stereocenters. The fraction of sp³-hybridized carbons (Fsp3) is 0.0698. The zero-order chi connectivity index (χ0) is 30.1. The van der Waals surface area contributed by atoms with E-state index in [1.54, 1.807) is 0 Å². The third-order valence-electron chi connectivity index (χ3n) is 9.66. The lowest BCUT2D eigenvalue weighted by Crippen LogP contribution is -2.16. The molecule has 9 rings (SSSR count). The maximum atomic E-state index is 6.70. The van der Waals surface area contributed by atoms with Gasteiger partial charge in [-0.25, -0.2) is 0 Å². The van der Waals surface area contributed by atoms with Crippen molar-refractivity contribution in [2.75, 3.05) is 4.90 Å². The lowest BCUT2D eigenvalue weighted by molar-refractivity contribution is 0.660. The summed E-state index contributed by atoms with van der Waals surface area (Å²) >= 11 is 0. The van der Waals surface area contributed by atoms with Crippen LogP contribution in [0.5, 0.6) is 0 Å². The van der Waals surface area contributed by atoms with Gasteiger partial charge in [-0.2, -0.15) is 0 Å². The molecule has 2 heteroatoms. The van der Waals surface area contributed by atoms with Crippen molar-refractivity contribution in [2.45, 2.75) is 19.3 Å². The summed E-state index contributed by atoms with van der Waals surface area (Å²) in [5.74, 6) is 0. The van der Waals surface area contributed by atoms with Gasteiger partial charge in [0.1, 0.15) is 5.58 Å². The van der Waals surface area contributed by atoms with E-state index in [0.717, 1.165) is 39.0 Å². The molecule has 45 heavy (non-hydrogen) atoms. The first-order valence-corrected chi connectivity index (χ1v) is 15.6. The molecule has 1 heterocycles. The van der Waals surface area contributed by atoms with Crippen molar-refractivity contribution in [3.63, 3.8) is 0 Å². The van der Waals surface area contributed by atoms with Crippen molar-refractivity contribution >= 4 is 49.8 Å². The molecule has 0 fully saturated rings. The molecule has 214 valence electrons. The molecular formula is C43H31NO. The van der Waals surface area contributed by atoms with Gasteiger partial charge in [-0.05, 0) is 63.4 Å². The molecule has 8 aromatic rings. The second kappa shape index (κ2) is 9.70. The standard InChI is InChI=1S/C43H31NO/c1-43(2)35-19-8-5-17-34(35)41-36(43)20-12-22-38(41)44(39-23-11-18-33-32-16-7-10-24-40(32)45-42(33)39)37-21-9-6-15-31(37)30-26-25-28-13-3-4-14-29(28)27-30/h3-27H,1-2H3. The monoisotopic (exact) mass is 577 g/mol. The normalized spacial score (nSPS) is 13.3. The first-order chi connectivity index (χ1) is 22.1. The summed E-state index contributed by atoms with van der Waals surface area (Å²) in [6.07, 6.45) is 0. The van der Waals surface area contributed by atoms with E-state index in [9.17, 15) is 0 Å². The average Bonchev–Trinajstić information content (AvgIpc) is 3.58. The Bertz CT molecular complexity index is 2430. The minimum Gasteiger partial charge on any atom is -0.454 e. The van der Waals surface area contributed by atoms with Crippen molar-refractivity contribution in [3.8, 4) is 22.3 Å². The van der Waals surface area contributed by atoms with E-state index in [1.165, 1.54) is 44.2 Å². The van der Waals surface area contributed by atoms with Gasteiger partial charge >= 0.3 is 0 Å². The van der Waals surface area contributed by atoms with Crippen molar-refractivity contribution < 1.29 is 4.42 Å². The number of hydrogen-bond donors (Lipinski definition) is 0. The highest BCUT2D eigenvalue weighted by Crippen LogP contribution is 2.55. The Morgan fingerprint density at radius 1 is 0.489 bits per heavy atom. The summed E-state index contributed by atoms with van der Waals surface area (Å²) in [6.45, 7) is 4.68. The summed E-state index contributed by atoms with van der Waals surface area (Å²) in [5.41, 5.74) is 12.6. The topological polar surface area (TPSA) is 16.4 Å². The van der Waals surface area contributed by atoms with Crippen LogP contribution in [0.3, 0.4) is 0 Å². The van der Waals surface area contributed by atoms with E-state index < -0.39 is 0 Å². The number of benzene rings is 7. The highest BCUT2D eigenvalue weighted by atomic mass is 16.3. The summed E-state index contributed by atoms with van der Waals surface area (Å²) in [4.78, 5) is 2.44. The van der Waals surface area contributed by atoms with Gasteiger partial charge in [-0.15, -0.1) is 0 Å². The molecule has 0 unspecified atom stereocenters. The van der Waals surface area contributed by atoms with E-state index in [0.29, 0.717) is 0 Å². The Labute approximate surface area is 262 Å². The minimum atomic E-state index is -0.114. The molecule has 1 aliphatic rings. The number of fused-ring (bicyclic) bond motifs is 7. The first-order valence-electron chi connectivity index (χ1n) is 15.6. The SMILES string of the molecule is CC1(C)c2ccccc2-c2c(N(c3ccccc3-c3ccc4ccccc4c3)c3cccc4c3oc3ccccc34)cccc21. The van der Waals surface area contributed by atoms with E-state index >= 15 is 0 Å². The molecule has 0 aliphatic heterocycles. The number of nitrogens with zero attached hydrogens (tertiary/aromatic N) is 1. The molecule has 0 bridgehead atoms. The summed E-state index contributed by atoms with van der Waals surface area (Å²) in [6, 6.07) is 54.7. The van der Waals surface area contributed by atoms with Gasteiger partial charge in [0.05, 0.1) is 17.1 Å². The largest absolute Gasteiger partial charge is 0.454 e. The molecule has 0 amide bonds. The average molecular weight is 578 g/mol. The van der Waals surface area contributed by atoms with Crippen LogP contribution in [-0.2, 0) is 5.41 Å². The Morgan fingerprint density at radius 2 is 1.13 bits per heavy atom. The second-order valence-electron chi connectivity index (χ2n) is 12.5. The van der Waals surface area contributed by atoms with Crippen LogP contribution in [0.4, 0.5) is 17.1 Å². The smallest absolute Gasteiger partial charge is 0.159 e. The molecule has 0 saturated heterocycles. The van der Waals surface area contributed by atoms with Crippen LogP contribution in [0.15, 0.2) is 156 Å². The van der Waals surface area contributed by atoms with Gasteiger partial charge in [-0.1, -0.05) is 135 Å². The number of rotatable bonds is 4. The summed E-state index contributed by atoms with van der Waals surface area (Å²) < 4.78 is 6.70. The zero-order valence-electron chi connectivity index (χ0n) is 25.3. The van der Waals surface area contributed by atoms with Gasteiger partial charge in [0.15, 0.2) is 5.58 Å². The van der Waals surface area contributed by atoms with Crippen LogP contribution >= 0.6 is 0 Å². The van der Waals surface area contributed by atoms with Crippen molar-refractivity contribution in [1.82, 2.24) is 0 Å². The van der Waals surface area contributed by atoms with Gasteiger partial charge in [0, 0.05) is 27.3 Å². The van der Waals surface area contributed by atoms with Gasteiger partial charge in [0.2, 0.25) is 0 Å². The minimum absolute atomic E-state index is 0.114. The van der Waals surface area contributed by atoms with Crippen LogP contribution in [-0.4, -0.2) is 0 Å². The van der Waals surface area contributed by atoms with E-state index in [2.05, 4.69) is 164 Å². The predicted octanol–water partition coefficient (Wildman–Crippen LogP) is 12.2. The number of hydrogen-bond acceptors (Lipinski definition) is 2. The lowest BCUT2D eigenvalue weighted by Gasteiger charge is -2.30. The lowest BCUT2D eigenvalue weighted by atomic mass is 9.82. The quantitative estimate of drug-likeness (QED) is 0.207. The van der Waals surface area contributed by atoms with Crippen LogP contribution < -0.4 is 4.90 Å². The highest BCUT2D eigenvalue weighted by molar-refractivity contribution is 6.11. The third kappa shape index (κ3) is 3.82. The Hall–Kier alpha value is -5.60. The molecule has 1 aliphatic carbocycles. The van der Waals surface area contributed by atoms with Crippen molar-refractivity contribution in [1.29, 1.82) is 0 Å². The van der Waals surface area contributed by atoms with Gasteiger partial charge in [0.25, 0.3) is 0 Å². The Morgan fingerprint density at radius 3 is 2.04 bits per heavy atom. The number of para-hydroxylation sites is 3. The first kappa shape index (κ1) is 25.9. The Balaban J connectivity index is 1.38. The van der Waals surface area contributed by atoms with Crippen molar-refractivity contribution in [3.05, 3.63) is 163 Å². The number of anilines is 3. The molecule has 0 saturated carbocycles. The summed E-state index contributed by atoms with van der Waals surface area (Å²) in [7, 11) is 0. The van der Waals surface area contributed by atoms with Crippen LogP contribution in [0.25, 0.3) is 55.0 Å². The second-order valence-corrected chi connectivity index (χ2v) is 12.5. The molecule has 2 nitrogen and oxygen atoms in total. The van der Waals surface area contributed by atoms with E-state index in [1.807, 2.05) is 6.07 Å². The molecular weight excluding hydrogens is 546 g/mol. The summed E-state index contributed by atoms with van der Waals surface area (Å²) in [5, 5.41) is 4.71. The van der Waals surface area contributed by atoms with Crippen LogP contribution in [0.2, 0.25) is 0 Å². The fourth-order valence-corrected chi connectivity index (χ4v) is 7.49. The Kier molecular flexibility index (Phi) is 5.58. The zero-order valence-corrected chi connectivity index (χ0v) is 25.3. The molecule has 0 N–H and O–H groups in total. The van der Waals surface area contributed by atoms with Crippen LogP contribution in [0, 0.1) is 0 Å². The van der Waals surface area contributed by atoms with Crippen LogP contribution in [0.1, 0.15) is 25.0 Å².